The molecule has 1 fully saturated rings. The number of imide groups is 1. The average molecular weight is 288 g/mol. The molecule has 0 spiro atoms. The number of nitrogens with one attached hydrogen (secondary N) is 1. The van der Waals surface area contributed by atoms with Gasteiger partial charge >= 0.3 is 6.03 Å². The lowest BCUT2D eigenvalue weighted by atomic mass is 9.91. The molecule has 1 saturated heterocycles. The van der Waals surface area contributed by atoms with E-state index in [4.69, 9.17) is 9.47 Å². The van der Waals surface area contributed by atoms with Gasteiger partial charge in [0, 0.05) is 0 Å². The van der Waals surface area contributed by atoms with Crippen molar-refractivity contribution in [3.8, 4) is 11.5 Å². The average Bonchev–Trinajstić information content (AvgIpc) is 2.97. The first-order valence-electron chi connectivity index (χ1n) is 6.60. The largest absolute Gasteiger partial charge is 0.454 e. The number of benzene rings is 1. The van der Waals surface area contributed by atoms with E-state index in [0.717, 1.165) is 5.57 Å². The Bertz CT molecular complexity index is 655. The van der Waals surface area contributed by atoms with E-state index in [-0.39, 0.29) is 19.2 Å². The number of carbonyl (C=O) groups excluding carboxylic acids is 2. The minimum Gasteiger partial charge on any atom is -0.454 e. The summed E-state index contributed by atoms with van der Waals surface area (Å²) in [6.45, 7) is 7.58. The van der Waals surface area contributed by atoms with Crippen LogP contribution in [0.2, 0.25) is 0 Å². The predicted octanol–water partition coefficient (Wildman–Crippen LogP) is 1.76. The molecule has 21 heavy (non-hydrogen) atoms. The minimum absolute atomic E-state index is 0.164. The molecule has 1 atom stereocenters. The molecule has 1 aromatic carbocycles. The molecule has 1 unspecified atom stereocenters. The highest BCUT2D eigenvalue weighted by Crippen LogP contribution is 2.37. The van der Waals surface area contributed by atoms with Gasteiger partial charge in [-0.1, -0.05) is 18.2 Å². The monoisotopic (exact) mass is 288 g/mol. The molecule has 0 aliphatic carbocycles. The number of fused-ring (bicyclic) bond motifs is 1. The fourth-order valence-electron chi connectivity index (χ4n) is 2.51. The number of amides is 3. The zero-order valence-corrected chi connectivity index (χ0v) is 11.9. The highest BCUT2D eigenvalue weighted by Gasteiger charge is 2.49. The Morgan fingerprint density at radius 1 is 1.38 bits per heavy atom. The van der Waals surface area contributed by atoms with Gasteiger partial charge in [0.25, 0.3) is 5.91 Å². The molecule has 0 saturated carbocycles. The second-order valence-electron chi connectivity index (χ2n) is 5.47. The number of carbonyl (C=O) groups is 2. The second kappa shape index (κ2) is 4.51. The molecule has 0 radical (unpaired) electrons. The van der Waals surface area contributed by atoms with Crippen LogP contribution in [-0.4, -0.2) is 30.2 Å². The van der Waals surface area contributed by atoms with Crippen LogP contribution in [0.3, 0.4) is 0 Å². The fraction of sp³-hybridized carbons (Fsp3) is 0.333. The maximum Gasteiger partial charge on any atom is 0.325 e. The highest BCUT2D eigenvalue weighted by molar-refractivity contribution is 6.07. The molecule has 2 heterocycles. The van der Waals surface area contributed by atoms with E-state index in [1.165, 1.54) is 4.90 Å². The number of hydrogen-bond acceptors (Lipinski definition) is 4. The summed E-state index contributed by atoms with van der Waals surface area (Å²) in [5, 5.41) is 2.74. The van der Waals surface area contributed by atoms with Crippen molar-refractivity contribution in [1.29, 1.82) is 0 Å². The zero-order valence-electron chi connectivity index (χ0n) is 11.9. The summed E-state index contributed by atoms with van der Waals surface area (Å²) in [7, 11) is 0. The van der Waals surface area contributed by atoms with Crippen LogP contribution >= 0.6 is 0 Å². The molecule has 0 aromatic heterocycles. The number of rotatable bonds is 3. The van der Waals surface area contributed by atoms with E-state index in [2.05, 4.69) is 11.9 Å². The lowest BCUT2D eigenvalue weighted by molar-refractivity contribution is -0.130. The summed E-state index contributed by atoms with van der Waals surface area (Å²) in [4.78, 5) is 25.8. The van der Waals surface area contributed by atoms with Crippen molar-refractivity contribution in [3.63, 3.8) is 0 Å². The smallest absolute Gasteiger partial charge is 0.325 e. The Balaban J connectivity index is 1.96. The summed E-state index contributed by atoms with van der Waals surface area (Å²) in [6, 6.07) is 4.81. The van der Waals surface area contributed by atoms with Gasteiger partial charge in [-0.25, -0.2) is 4.79 Å². The third kappa shape index (κ3) is 2.03. The van der Waals surface area contributed by atoms with Gasteiger partial charge in [0.2, 0.25) is 6.79 Å². The zero-order chi connectivity index (χ0) is 15.2. The van der Waals surface area contributed by atoms with Gasteiger partial charge < -0.3 is 14.8 Å². The lowest BCUT2D eigenvalue weighted by Gasteiger charge is -2.22. The highest BCUT2D eigenvalue weighted by atomic mass is 16.7. The van der Waals surface area contributed by atoms with Crippen molar-refractivity contribution in [3.05, 3.63) is 35.9 Å². The summed E-state index contributed by atoms with van der Waals surface area (Å²) in [6.07, 6.45) is 0. The number of nitrogens with zero attached hydrogens (tertiary/aromatic N) is 1. The molecule has 2 aliphatic heterocycles. The maximum atomic E-state index is 12.6. The molecular formula is C15H16N2O4. The van der Waals surface area contributed by atoms with Crippen LogP contribution in [0.5, 0.6) is 11.5 Å². The number of ether oxygens (including phenoxy) is 2. The summed E-state index contributed by atoms with van der Waals surface area (Å²) >= 11 is 0. The Kier molecular flexibility index (Phi) is 2.90. The van der Waals surface area contributed by atoms with Gasteiger partial charge in [-0.05, 0) is 31.5 Å². The Morgan fingerprint density at radius 3 is 2.81 bits per heavy atom. The van der Waals surface area contributed by atoms with E-state index in [1.807, 2.05) is 0 Å². The van der Waals surface area contributed by atoms with E-state index in [9.17, 15) is 9.59 Å². The topological polar surface area (TPSA) is 67.9 Å². The lowest BCUT2D eigenvalue weighted by Crippen LogP contribution is -2.41. The summed E-state index contributed by atoms with van der Waals surface area (Å²) in [5.41, 5.74) is 0.302. The van der Waals surface area contributed by atoms with Gasteiger partial charge in [0.1, 0.15) is 5.54 Å². The first kappa shape index (κ1) is 13.5. The molecule has 3 rings (SSSR count). The maximum absolute atomic E-state index is 12.6. The van der Waals surface area contributed by atoms with E-state index in [1.54, 1.807) is 32.0 Å². The predicted molar refractivity (Wildman–Crippen MR) is 75.0 cm³/mol. The van der Waals surface area contributed by atoms with Gasteiger partial charge in [-0.2, -0.15) is 0 Å². The van der Waals surface area contributed by atoms with Crippen molar-refractivity contribution in [2.45, 2.75) is 19.4 Å². The van der Waals surface area contributed by atoms with Gasteiger partial charge in [-0.3, -0.25) is 9.69 Å². The SMILES string of the molecule is C=C(C)CN1C(=O)NC(C)(c2ccc3c(c2)OCO3)C1=O. The van der Waals surface area contributed by atoms with Crippen LogP contribution in [0, 0.1) is 0 Å². The van der Waals surface area contributed by atoms with Gasteiger partial charge in [0.05, 0.1) is 6.54 Å². The van der Waals surface area contributed by atoms with Crippen LogP contribution in [0.1, 0.15) is 19.4 Å². The van der Waals surface area contributed by atoms with Crippen LogP contribution in [-0.2, 0) is 10.3 Å². The van der Waals surface area contributed by atoms with Crippen molar-refractivity contribution in [2.24, 2.45) is 0 Å². The van der Waals surface area contributed by atoms with Crippen molar-refractivity contribution in [2.75, 3.05) is 13.3 Å². The molecule has 6 heteroatoms. The Morgan fingerprint density at radius 2 is 2.10 bits per heavy atom. The van der Waals surface area contributed by atoms with E-state index >= 15 is 0 Å². The Labute approximate surface area is 122 Å². The van der Waals surface area contributed by atoms with Crippen LogP contribution in [0.4, 0.5) is 4.79 Å². The molecule has 6 nitrogen and oxygen atoms in total. The van der Waals surface area contributed by atoms with Crippen molar-refractivity contribution in [1.82, 2.24) is 10.2 Å². The van der Waals surface area contributed by atoms with Crippen LogP contribution in [0.15, 0.2) is 30.4 Å². The van der Waals surface area contributed by atoms with Crippen molar-refractivity contribution >= 4 is 11.9 Å². The van der Waals surface area contributed by atoms with E-state index in [0.29, 0.717) is 17.1 Å². The standard InChI is InChI=1S/C15H16N2O4/c1-9(2)7-17-13(18)15(3,16-14(17)19)10-4-5-11-12(6-10)21-8-20-11/h4-6H,1,7-8H2,2-3H3,(H,16,19). The van der Waals surface area contributed by atoms with Gasteiger partial charge in [0.15, 0.2) is 11.5 Å². The first-order valence-corrected chi connectivity index (χ1v) is 6.60. The molecule has 0 bridgehead atoms. The number of urea groups is 1. The normalized spacial score (nSPS) is 23.4. The summed E-state index contributed by atoms with van der Waals surface area (Å²) in [5.74, 6) is 0.918. The molecule has 3 amide bonds. The Hall–Kier alpha value is -2.50. The molecule has 1 aromatic rings. The second-order valence-corrected chi connectivity index (χ2v) is 5.47. The van der Waals surface area contributed by atoms with Crippen LogP contribution < -0.4 is 14.8 Å². The number of hydrogen-bond donors (Lipinski definition) is 1. The molecular weight excluding hydrogens is 272 g/mol. The van der Waals surface area contributed by atoms with Gasteiger partial charge in [-0.15, -0.1) is 0 Å². The van der Waals surface area contributed by atoms with E-state index < -0.39 is 11.6 Å². The van der Waals surface area contributed by atoms with Crippen LogP contribution in [0.25, 0.3) is 0 Å². The van der Waals surface area contributed by atoms with Crippen molar-refractivity contribution < 1.29 is 19.1 Å². The molecule has 110 valence electrons. The minimum atomic E-state index is -1.10. The quantitative estimate of drug-likeness (QED) is 0.680. The third-order valence-electron chi connectivity index (χ3n) is 3.65. The molecule has 2 aliphatic rings. The first-order chi connectivity index (χ1) is 9.91. The fourth-order valence-corrected chi connectivity index (χ4v) is 2.51. The molecule has 1 N–H and O–H groups in total. The summed E-state index contributed by atoms with van der Waals surface area (Å²) < 4.78 is 10.6. The third-order valence-corrected chi connectivity index (χ3v) is 3.65.